The fourth-order valence-electron chi connectivity index (χ4n) is 3.30. The lowest BCUT2D eigenvalue weighted by Gasteiger charge is -2.52. The summed E-state index contributed by atoms with van der Waals surface area (Å²) in [6, 6.07) is 0.816. The molecule has 1 unspecified atom stereocenters. The molecule has 1 heteroatoms. The Hall–Kier alpha value is -0.480. The topological polar surface area (TPSA) is 12.0 Å². The van der Waals surface area contributed by atoms with Crippen LogP contribution in [0.4, 0.5) is 0 Å². The number of hydrogen-bond donors (Lipinski definition) is 1. The average molecular weight is 205 g/mol. The molecule has 2 aliphatic rings. The van der Waals surface area contributed by atoms with Crippen LogP contribution in [0.15, 0.2) is 0 Å². The van der Waals surface area contributed by atoms with Crippen molar-refractivity contribution in [3.8, 4) is 11.8 Å². The van der Waals surface area contributed by atoms with Gasteiger partial charge in [-0.15, -0.1) is 11.8 Å². The van der Waals surface area contributed by atoms with Gasteiger partial charge >= 0.3 is 0 Å². The Morgan fingerprint density at radius 1 is 1.20 bits per heavy atom. The highest BCUT2D eigenvalue weighted by Gasteiger charge is 2.46. The zero-order valence-electron chi connectivity index (χ0n) is 9.94. The van der Waals surface area contributed by atoms with E-state index in [1.165, 1.54) is 44.9 Å². The van der Waals surface area contributed by atoms with Gasteiger partial charge in [0.05, 0.1) is 0 Å². The molecule has 1 N–H and O–H groups in total. The highest BCUT2D eigenvalue weighted by atomic mass is 15.0. The minimum absolute atomic E-state index is 0.706. The molecular weight excluding hydrogens is 182 g/mol. The summed E-state index contributed by atoms with van der Waals surface area (Å²) in [7, 11) is 0. The molecule has 0 aliphatic heterocycles. The molecule has 1 nitrogen and oxygen atoms in total. The molecule has 2 rings (SSSR count). The van der Waals surface area contributed by atoms with E-state index in [2.05, 4.69) is 17.2 Å². The lowest BCUT2D eigenvalue weighted by atomic mass is 9.57. The third-order valence-corrected chi connectivity index (χ3v) is 4.34. The standard InChI is InChI=1S/C14H23N/c1-2-3-7-12-15-13-8-11-14(13)9-5-4-6-10-14/h13,15H,4-12H2,1H3. The quantitative estimate of drug-likeness (QED) is 0.551. The second kappa shape index (κ2) is 5.03. The number of nitrogens with one attached hydrogen (secondary N) is 1. The minimum Gasteiger partial charge on any atom is -0.312 e. The molecule has 2 fully saturated rings. The average Bonchev–Trinajstić information content (AvgIpc) is 2.28. The van der Waals surface area contributed by atoms with Gasteiger partial charge in [0.15, 0.2) is 0 Å². The SMILES string of the molecule is CC#CCCNC1CCC12CCCCC2. The Bertz CT molecular complexity index is 252. The van der Waals surface area contributed by atoms with Crippen LogP contribution in [-0.2, 0) is 0 Å². The fourth-order valence-corrected chi connectivity index (χ4v) is 3.30. The van der Waals surface area contributed by atoms with Crippen LogP contribution in [0, 0.1) is 17.3 Å². The van der Waals surface area contributed by atoms with Gasteiger partial charge in [0.25, 0.3) is 0 Å². The summed E-state index contributed by atoms with van der Waals surface area (Å²) in [5, 5.41) is 3.71. The van der Waals surface area contributed by atoms with Crippen LogP contribution in [0.1, 0.15) is 58.3 Å². The molecule has 0 amide bonds. The molecule has 0 aromatic carbocycles. The van der Waals surface area contributed by atoms with Gasteiger partial charge in [-0.3, -0.25) is 0 Å². The van der Waals surface area contributed by atoms with Gasteiger partial charge in [-0.2, -0.15) is 0 Å². The molecule has 84 valence electrons. The van der Waals surface area contributed by atoms with Gasteiger partial charge in [0, 0.05) is 19.0 Å². The first-order valence-electron chi connectivity index (χ1n) is 6.50. The van der Waals surface area contributed by atoms with Crippen molar-refractivity contribution in [2.24, 2.45) is 5.41 Å². The van der Waals surface area contributed by atoms with Crippen molar-refractivity contribution in [2.45, 2.75) is 64.3 Å². The minimum atomic E-state index is 0.706. The third-order valence-electron chi connectivity index (χ3n) is 4.34. The largest absolute Gasteiger partial charge is 0.312 e. The van der Waals surface area contributed by atoms with Gasteiger partial charge in [0.2, 0.25) is 0 Å². The first-order chi connectivity index (χ1) is 7.37. The summed E-state index contributed by atoms with van der Waals surface area (Å²) < 4.78 is 0. The third kappa shape index (κ3) is 2.37. The van der Waals surface area contributed by atoms with Gasteiger partial charge in [-0.1, -0.05) is 19.3 Å². The lowest BCUT2D eigenvalue weighted by Crippen LogP contribution is -2.54. The van der Waals surface area contributed by atoms with Crippen molar-refractivity contribution < 1.29 is 0 Å². The van der Waals surface area contributed by atoms with Gasteiger partial charge < -0.3 is 5.32 Å². The van der Waals surface area contributed by atoms with E-state index in [0.717, 1.165) is 19.0 Å². The van der Waals surface area contributed by atoms with E-state index < -0.39 is 0 Å². The van der Waals surface area contributed by atoms with Gasteiger partial charge in [-0.05, 0) is 38.0 Å². The normalized spacial score (nSPS) is 27.9. The van der Waals surface area contributed by atoms with E-state index in [1.54, 1.807) is 0 Å². The van der Waals surface area contributed by atoms with Crippen LogP contribution in [0.2, 0.25) is 0 Å². The van der Waals surface area contributed by atoms with Crippen LogP contribution < -0.4 is 5.32 Å². The van der Waals surface area contributed by atoms with Crippen LogP contribution in [-0.4, -0.2) is 12.6 Å². The molecule has 2 saturated carbocycles. The van der Waals surface area contributed by atoms with Gasteiger partial charge in [-0.25, -0.2) is 0 Å². The highest BCUT2D eigenvalue weighted by molar-refractivity contribution is 5.02. The van der Waals surface area contributed by atoms with Gasteiger partial charge in [0.1, 0.15) is 0 Å². The van der Waals surface area contributed by atoms with Crippen molar-refractivity contribution in [3.63, 3.8) is 0 Å². The van der Waals surface area contributed by atoms with E-state index >= 15 is 0 Å². The van der Waals surface area contributed by atoms with E-state index in [9.17, 15) is 0 Å². The van der Waals surface area contributed by atoms with E-state index in [-0.39, 0.29) is 0 Å². The second-order valence-electron chi connectivity index (χ2n) is 5.15. The Morgan fingerprint density at radius 2 is 2.00 bits per heavy atom. The summed E-state index contributed by atoms with van der Waals surface area (Å²) in [6.45, 7) is 3.01. The Labute approximate surface area is 94.0 Å². The van der Waals surface area contributed by atoms with Crippen LogP contribution in [0.25, 0.3) is 0 Å². The Balaban J connectivity index is 1.74. The zero-order chi connectivity index (χ0) is 10.6. The van der Waals surface area contributed by atoms with Crippen molar-refractivity contribution in [3.05, 3.63) is 0 Å². The van der Waals surface area contributed by atoms with Crippen molar-refractivity contribution >= 4 is 0 Å². The molecular formula is C14H23N. The number of rotatable bonds is 3. The summed E-state index contributed by atoms with van der Waals surface area (Å²) in [5.74, 6) is 6.09. The molecule has 0 radical (unpaired) electrons. The molecule has 1 spiro atoms. The Morgan fingerprint density at radius 3 is 2.60 bits per heavy atom. The predicted molar refractivity (Wildman–Crippen MR) is 64.6 cm³/mol. The van der Waals surface area contributed by atoms with Crippen molar-refractivity contribution in [2.75, 3.05) is 6.54 Å². The monoisotopic (exact) mass is 205 g/mol. The van der Waals surface area contributed by atoms with Crippen molar-refractivity contribution in [1.82, 2.24) is 5.32 Å². The molecule has 15 heavy (non-hydrogen) atoms. The smallest absolute Gasteiger partial charge is 0.0214 e. The molecule has 0 aromatic rings. The molecule has 1 atom stereocenters. The maximum absolute atomic E-state index is 3.71. The summed E-state index contributed by atoms with van der Waals surface area (Å²) in [6.07, 6.45) is 11.2. The first kappa shape index (κ1) is 11.0. The van der Waals surface area contributed by atoms with E-state index in [4.69, 9.17) is 0 Å². The van der Waals surface area contributed by atoms with E-state index in [1.807, 2.05) is 6.92 Å². The molecule has 2 aliphatic carbocycles. The van der Waals surface area contributed by atoms with E-state index in [0.29, 0.717) is 5.41 Å². The summed E-state index contributed by atoms with van der Waals surface area (Å²) in [5.41, 5.74) is 0.706. The lowest BCUT2D eigenvalue weighted by molar-refractivity contribution is 0.0238. The molecule has 0 bridgehead atoms. The fraction of sp³-hybridized carbons (Fsp3) is 0.857. The Kier molecular flexibility index (Phi) is 3.70. The van der Waals surface area contributed by atoms with Crippen LogP contribution >= 0.6 is 0 Å². The first-order valence-corrected chi connectivity index (χ1v) is 6.50. The maximum atomic E-state index is 3.71. The van der Waals surface area contributed by atoms with Crippen molar-refractivity contribution in [1.29, 1.82) is 0 Å². The van der Waals surface area contributed by atoms with Crippen LogP contribution in [0.3, 0.4) is 0 Å². The summed E-state index contributed by atoms with van der Waals surface area (Å²) in [4.78, 5) is 0. The van der Waals surface area contributed by atoms with Crippen LogP contribution in [0.5, 0.6) is 0 Å². The zero-order valence-corrected chi connectivity index (χ0v) is 9.94. The molecule has 0 saturated heterocycles. The second-order valence-corrected chi connectivity index (χ2v) is 5.15. The summed E-state index contributed by atoms with van der Waals surface area (Å²) >= 11 is 0. The maximum Gasteiger partial charge on any atom is 0.0214 e. The highest BCUT2D eigenvalue weighted by Crippen LogP contribution is 2.51. The molecule has 0 heterocycles. The number of hydrogen-bond acceptors (Lipinski definition) is 1. The molecule has 0 aromatic heterocycles. The predicted octanol–water partition coefficient (Wildman–Crippen LogP) is 3.10.